The largest absolute Gasteiger partial charge is 0.378 e. The van der Waals surface area contributed by atoms with Gasteiger partial charge in [0.1, 0.15) is 0 Å². The number of rotatable bonds is 3. The lowest BCUT2D eigenvalue weighted by Gasteiger charge is -2.44. The Hall–Kier alpha value is -2.67. The van der Waals surface area contributed by atoms with E-state index in [0.717, 1.165) is 17.1 Å². The van der Waals surface area contributed by atoms with Crippen molar-refractivity contribution >= 4 is 23.1 Å². The number of hydrogen-bond acceptors (Lipinski definition) is 4. The van der Waals surface area contributed by atoms with Crippen LogP contribution in [0.4, 0.5) is 21.9 Å². The Morgan fingerprint density at radius 1 is 1.19 bits per heavy atom. The van der Waals surface area contributed by atoms with Crippen molar-refractivity contribution in [3.05, 3.63) is 42.7 Å². The summed E-state index contributed by atoms with van der Waals surface area (Å²) in [5, 5.41) is 2.97. The van der Waals surface area contributed by atoms with Gasteiger partial charge in [0.15, 0.2) is 0 Å². The van der Waals surface area contributed by atoms with Crippen molar-refractivity contribution in [2.45, 2.75) is 19.1 Å². The molecule has 1 aliphatic heterocycles. The highest BCUT2D eigenvalue weighted by Crippen LogP contribution is 2.24. The summed E-state index contributed by atoms with van der Waals surface area (Å²) in [6.45, 7) is 3.21. The van der Waals surface area contributed by atoms with Gasteiger partial charge in [-0.25, -0.2) is 4.79 Å². The second-order valence-corrected chi connectivity index (χ2v) is 7.14. The van der Waals surface area contributed by atoms with Crippen LogP contribution in [0, 0.1) is 0 Å². The number of urea groups is 1. The lowest BCUT2D eigenvalue weighted by molar-refractivity contribution is 0.187. The Balaban J connectivity index is 1.64. The first-order chi connectivity index (χ1) is 12.3. The molecule has 3 rings (SSSR count). The van der Waals surface area contributed by atoms with E-state index < -0.39 is 0 Å². The van der Waals surface area contributed by atoms with E-state index in [-0.39, 0.29) is 18.2 Å². The SMILES string of the molecule is C[C@H]1CN(C(=O)Nc2ccc(N(C)C)cc2)CC(N)N1c1ccn(C)c1. The van der Waals surface area contributed by atoms with Crippen molar-refractivity contribution in [2.75, 3.05) is 42.3 Å². The van der Waals surface area contributed by atoms with Crippen molar-refractivity contribution in [3.8, 4) is 0 Å². The molecule has 7 heteroatoms. The summed E-state index contributed by atoms with van der Waals surface area (Å²) in [5.74, 6) is 0. The van der Waals surface area contributed by atoms with Gasteiger partial charge in [-0.2, -0.15) is 0 Å². The van der Waals surface area contributed by atoms with Gasteiger partial charge < -0.3 is 30.3 Å². The van der Waals surface area contributed by atoms with Crippen LogP contribution < -0.4 is 20.9 Å². The van der Waals surface area contributed by atoms with Crippen LogP contribution in [-0.2, 0) is 7.05 Å². The standard InChI is InChI=1S/C19H28N6O/c1-14-11-24(13-18(20)25(14)17-9-10-23(4)12-17)19(26)21-15-5-7-16(8-6-15)22(2)3/h5-10,12,14,18H,11,13,20H2,1-4H3,(H,21,26)/t14-,18?/m0/s1. The Bertz CT molecular complexity index is 742. The number of nitrogens with zero attached hydrogens (tertiary/aromatic N) is 4. The molecular formula is C19H28N6O. The lowest BCUT2D eigenvalue weighted by atomic mass is 10.1. The van der Waals surface area contributed by atoms with Crippen molar-refractivity contribution in [2.24, 2.45) is 12.8 Å². The zero-order chi connectivity index (χ0) is 18.8. The smallest absolute Gasteiger partial charge is 0.322 e. The fraction of sp³-hybridized carbons (Fsp3) is 0.421. The van der Waals surface area contributed by atoms with Gasteiger partial charge in [-0.1, -0.05) is 0 Å². The van der Waals surface area contributed by atoms with Crippen LogP contribution >= 0.6 is 0 Å². The first-order valence-electron chi connectivity index (χ1n) is 8.84. The van der Waals surface area contributed by atoms with Crippen LogP contribution in [0.5, 0.6) is 0 Å². The molecule has 0 radical (unpaired) electrons. The molecule has 0 saturated carbocycles. The van der Waals surface area contributed by atoms with Crippen molar-refractivity contribution in [1.29, 1.82) is 0 Å². The Morgan fingerprint density at radius 2 is 1.88 bits per heavy atom. The van der Waals surface area contributed by atoms with E-state index in [1.807, 2.05) is 61.1 Å². The number of nitrogens with two attached hydrogens (primary N) is 1. The van der Waals surface area contributed by atoms with E-state index in [0.29, 0.717) is 13.1 Å². The number of piperazine rings is 1. The Labute approximate surface area is 155 Å². The topological polar surface area (TPSA) is 69.8 Å². The van der Waals surface area contributed by atoms with Gasteiger partial charge >= 0.3 is 6.03 Å². The Kier molecular flexibility index (Phi) is 5.08. The fourth-order valence-electron chi connectivity index (χ4n) is 3.42. The second kappa shape index (κ2) is 7.29. The second-order valence-electron chi connectivity index (χ2n) is 7.14. The van der Waals surface area contributed by atoms with E-state index in [4.69, 9.17) is 5.73 Å². The van der Waals surface area contributed by atoms with Gasteiger partial charge in [0.05, 0.1) is 18.4 Å². The molecule has 1 aliphatic rings. The fourth-order valence-corrected chi connectivity index (χ4v) is 3.42. The first-order valence-corrected chi connectivity index (χ1v) is 8.84. The normalized spacial score (nSPS) is 20.2. The van der Waals surface area contributed by atoms with Crippen LogP contribution in [0.2, 0.25) is 0 Å². The summed E-state index contributed by atoms with van der Waals surface area (Å²) in [5.41, 5.74) is 9.34. The summed E-state index contributed by atoms with van der Waals surface area (Å²) in [4.78, 5) is 18.6. The number of benzene rings is 1. The monoisotopic (exact) mass is 356 g/mol. The van der Waals surface area contributed by atoms with Crippen LogP contribution in [0.1, 0.15) is 6.92 Å². The van der Waals surface area contributed by atoms with Crippen molar-refractivity contribution < 1.29 is 4.79 Å². The number of anilines is 3. The zero-order valence-electron chi connectivity index (χ0n) is 15.9. The minimum atomic E-state index is -0.233. The van der Waals surface area contributed by atoms with Crippen molar-refractivity contribution in [1.82, 2.24) is 9.47 Å². The quantitative estimate of drug-likeness (QED) is 0.884. The van der Waals surface area contributed by atoms with Gasteiger partial charge in [0.2, 0.25) is 0 Å². The van der Waals surface area contributed by atoms with Crippen LogP contribution in [-0.4, -0.2) is 54.9 Å². The lowest BCUT2D eigenvalue weighted by Crippen LogP contribution is -2.63. The molecule has 1 unspecified atom stereocenters. The van der Waals surface area contributed by atoms with Gasteiger partial charge in [0.25, 0.3) is 0 Å². The van der Waals surface area contributed by atoms with Gasteiger partial charge in [-0.3, -0.25) is 0 Å². The third kappa shape index (κ3) is 3.77. The predicted octanol–water partition coefficient (Wildman–Crippen LogP) is 2.12. The molecule has 1 fully saturated rings. The van der Waals surface area contributed by atoms with E-state index in [1.54, 1.807) is 4.90 Å². The molecule has 3 N–H and O–H groups in total. The summed E-state index contributed by atoms with van der Waals surface area (Å²) < 4.78 is 2.01. The van der Waals surface area contributed by atoms with Gasteiger partial charge in [-0.05, 0) is 37.3 Å². The number of nitrogens with one attached hydrogen (secondary N) is 1. The van der Waals surface area contributed by atoms with E-state index in [1.165, 1.54) is 0 Å². The molecule has 26 heavy (non-hydrogen) atoms. The highest BCUT2D eigenvalue weighted by molar-refractivity contribution is 5.89. The molecule has 2 aromatic rings. The molecule has 1 aromatic carbocycles. The summed E-state index contributed by atoms with van der Waals surface area (Å²) >= 11 is 0. The third-order valence-electron chi connectivity index (χ3n) is 4.76. The number of hydrogen-bond donors (Lipinski definition) is 2. The molecule has 1 aromatic heterocycles. The molecule has 0 spiro atoms. The summed E-state index contributed by atoms with van der Waals surface area (Å²) in [7, 11) is 5.97. The molecular weight excluding hydrogens is 328 g/mol. The average Bonchev–Trinajstić information content (AvgIpc) is 3.00. The third-order valence-corrected chi connectivity index (χ3v) is 4.76. The van der Waals surface area contributed by atoms with Crippen LogP contribution in [0.25, 0.3) is 0 Å². The maximum atomic E-state index is 12.7. The molecule has 2 heterocycles. The van der Waals surface area contributed by atoms with E-state index in [2.05, 4.69) is 29.4 Å². The number of carbonyl (C=O) groups excluding carboxylic acids is 1. The molecule has 7 nitrogen and oxygen atoms in total. The summed E-state index contributed by atoms with van der Waals surface area (Å²) in [6, 6.07) is 9.88. The summed E-state index contributed by atoms with van der Waals surface area (Å²) in [6.07, 6.45) is 3.83. The average molecular weight is 356 g/mol. The van der Waals surface area contributed by atoms with Gasteiger partial charge in [-0.15, -0.1) is 0 Å². The molecule has 2 atom stereocenters. The number of carbonyl (C=O) groups is 1. The molecule has 0 bridgehead atoms. The minimum absolute atomic E-state index is 0.113. The predicted molar refractivity (Wildman–Crippen MR) is 107 cm³/mol. The minimum Gasteiger partial charge on any atom is -0.378 e. The number of aromatic nitrogens is 1. The molecule has 1 saturated heterocycles. The highest BCUT2D eigenvalue weighted by atomic mass is 16.2. The maximum absolute atomic E-state index is 12.7. The van der Waals surface area contributed by atoms with E-state index >= 15 is 0 Å². The van der Waals surface area contributed by atoms with Gasteiger partial charge in [0, 0.05) is 57.5 Å². The first kappa shape index (κ1) is 18.1. The molecule has 0 aliphatic carbocycles. The molecule has 140 valence electrons. The molecule has 2 amide bonds. The Morgan fingerprint density at radius 3 is 2.42 bits per heavy atom. The van der Waals surface area contributed by atoms with Crippen molar-refractivity contribution in [3.63, 3.8) is 0 Å². The van der Waals surface area contributed by atoms with Crippen LogP contribution in [0.15, 0.2) is 42.7 Å². The zero-order valence-corrected chi connectivity index (χ0v) is 15.9. The number of aryl methyl sites for hydroxylation is 1. The maximum Gasteiger partial charge on any atom is 0.322 e. The van der Waals surface area contributed by atoms with E-state index in [9.17, 15) is 4.79 Å². The highest BCUT2D eigenvalue weighted by Gasteiger charge is 2.32. The van der Waals surface area contributed by atoms with Crippen LogP contribution in [0.3, 0.4) is 0 Å². The number of amides is 2.